The number of rotatable bonds is 11. The van der Waals surface area contributed by atoms with E-state index in [1.54, 1.807) is 23.1 Å². The first-order chi connectivity index (χ1) is 18.6. The Bertz CT molecular complexity index is 981. The Labute approximate surface area is 231 Å². The fourth-order valence-corrected chi connectivity index (χ4v) is 5.16. The van der Waals surface area contributed by atoms with E-state index in [0.717, 1.165) is 12.1 Å². The lowest BCUT2D eigenvalue weighted by atomic mass is 9.91. The number of nitrogens with zero attached hydrogens (tertiary/aromatic N) is 4. The summed E-state index contributed by atoms with van der Waals surface area (Å²) in [6, 6.07) is 1.49. The van der Waals surface area contributed by atoms with Gasteiger partial charge in [0.25, 0.3) is 5.91 Å². The highest BCUT2D eigenvalue weighted by Crippen LogP contribution is 2.28. The summed E-state index contributed by atoms with van der Waals surface area (Å²) in [5, 5.41) is 13.3. The van der Waals surface area contributed by atoms with Crippen molar-refractivity contribution < 1.29 is 29.0 Å². The number of hydrogen-bond acceptors (Lipinski definition) is 7. The van der Waals surface area contributed by atoms with Gasteiger partial charge in [-0.2, -0.15) is 0 Å². The van der Waals surface area contributed by atoms with Crippen LogP contribution in [0.2, 0.25) is 0 Å². The molecule has 3 heterocycles. The largest absolute Gasteiger partial charge is 0.465 e. The molecule has 1 aromatic rings. The van der Waals surface area contributed by atoms with Gasteiger partial charge in [-0.25, -0.2) is 4.79 Å². The summed E-state index contributed by atoms with van der Waals surface area (Å²) >= 11 is 0. The van der Waals surface area contributed by atoms with E-state index in [1.165, 1.54) is 4.90 Å². The molecule has 0 radical (unpaired) electrons. The van der Waals surface area contributed by atoms with E-state index in [1.807, 2.05) is 19.9 Å². The zero-order valence-electron chi connectivity index (χ0n) is 24.0. The van der Waals surface area contributed by atoms with Gasteiger partial charge in [-0.05, 0) is 30.7 Å². The standard InChI is InChI=1S/C28H45N5O6/c1-19(2)16-33(27(35)23-15-30-24(20(3)4)14-25(23)29-7-6-10-38-5)22-13-21(17-32(18-22)28(36)37)26(34)31-8-11-39-12-9-31/h14-15,19-22H,6-13,16-18H2,1-5H3,(H,29,30)(H,36,37)/t21-,22+/m1/s1. The van der Waals surface area contributed by atoms with Crippen LogP contribution >= 0.6 is 0 Å². The van der Waals surface area contributed by atoms with Gasteiger partial charge in [-0.1, -0.05) is 27.7 Å². The van der Waals surface area contributed by atoms with Gasteiger partial charge >= 0.3 is 6.09 Å². The van der Waals surface area contributed by atoms with Gasteiger partial charge in [0, 0.05) is 64.9 Å². The van der Waals surface area contributed by atoms with Crippen molar-refractivity contribution in [2.45, 2.75) is 52.5 Å². The van der Waals surface area contributed by atoms with Gasteiger partial charge in [0.15, 0.2) is 0 Å². The first-order valence-corrected chi connectivity index (χ1v) is 14.0. The molecular weight excluding hydrogens is 502 g/mol. The first-order valence-electron chi connectivity index (χ1n) is 14.0. The number of pyridine rings is 1. The molecule has 2 atom stereocenters. The molecule has 11 heteroatoms. The van der Waals surface area contributed by atoms with Crippen molar-refractivity contribution in [3.05, 3.63) is 23.5 Å². The number of methoxy groups -OCH3 is 1. The average Bonchev–Trinajstić information content (AvgIpc) is 2.93. The Morgan fingerprint density at radius 2 is 1.90 bits per heavy atom. The van der Waals surface area contributed by atoms with Crippen molar-refractivity contribution in [1.82, 2.24) is 19.7 Å². The summed E-state index contributed by atoms with van der Waals surface area (Å²) in [6.07, 6.45) is 1.73. The van der Waals surface area contributed by atoms with E-state index in [2.05, 4.69) is 24.1 Å². The molecule has 2 N–H and O–H groups in total. The van der Waals surface area contributed by atoms with E-state index >= 15 is 0 Å². The zero-order valence-corrected chi connectivity index (χ0v) is 24.0. The third kappa shape index (κ3) is 8.28. The lowest BCUT2D eigenvalue weighted by Crippen LogP contribution is -2.58. The number of carbonyl (C=O) groups is 3. The Hall–Kier alpha value is -2.92. The number of likely N-dealkylation sites (tertiary alicyclic amines) is 1. The zero-order chi connectivity index (χ0) is 28.5. The highest BCUT2D eigenvalue weighted by Gasteiger charge is 2.40. The molecule has 0 aromatic carbocycles. The van der Waals surface area contributed by atoms with Crippen molar-refractivity contribution in [3.63, 3.8) is 0 Å². The number of anilines is 1. The smallest absolute Gasteiger partial charge is 0.407 e. The molecule has 3 rings (SSSR count). The Kier molecular flexibility index (Phi) is 11.4. The van der Waals surface area contributed by atoms with Gasteiger partial charge in [0.2, 0.25) is 5.91 Å². The van der Waals surface area contributed by atoms with E-state index in [-0.39, 0.29) is 36.7 Å². The quantitative estimate of drug-likeness (QED) is 0.405. The summed E-state index contributed by atoms with van der Waals surface area (Å²) in [5.41, 5.74) is 2.03. The number of piperidine rings is 1. The molecule has 218 valence electrons. The second kappa shape index (κ2) is 14.5. The average molecular weight is 548 g/mol. The number of hydrogen-bond donors (Lipinski definition) is 2. The van der Waals surface area contributed by atoms with Crippen LogP contribution in [0.15, 0.2) is 12.3 Å². The summed E-state index contributed by atoms with van der Waals surface area (Å²) < 4.78 is 10.6. The molecule has 3 amide bonds. The van der Waals surface area contributed by atoms with Crippen molar-refractivity contribution >= 4 is 23.6 Å². The van der Waals surface area contributed by atoms with E-state index in [9.17, 15) is 19.5 Å². The van der Waals surface area contributed by atoms with Crippen molar-refractivity contribution in [1.29, 1.82) is 0 Å². The molecule has 1 aromatic heterocycles. The number of amides is 3. The first kappa shape index (κ1) is 30.6. The van der Waals surface area contributed by atoms with Crippen molar-refractivity contribution in [2.75, 3.05) is 71.5 Å². The van der Waals surface area contributed by atoms with Gasteiger partial charge < -0.3 is 34.6 Å². The normalized spacial score (nSPS) is 19.9. The fraction of sp³-hybridized carbons (Fsp3) is 0.714. The van der Waals surface area contributed by atoms with Crippen LogP contribution in [0.1, 0.15) is 62.5 Å². The van der Waals surface area contributed by atoms with Crippen LogP contribution in [-0.4, -0.2) is 115 Å². The second-order valence-corrected chi connectivity index (χ2v) is 11.1. The monoisotopic (exact) mass is 547 g/mol. The van der Waals surface area contributed by atoms with Crippen LogP contribution in [0.4, 0.5) is 10.5 Å². The lowest BCUT2D eigenvalue weighted by Gasteiger charge is -2.43. The van der Waals surface area contributed by atoms with Crippen LogP contribution in [0.5, 0.6) is 0 Å². The third-order valence-electron chi connectivity index (χ3n) is 7.22. The summed E-state index contributed by atoms with van der Waals surface area (Å²) in [7, 11) is 1.66. The number of nitrogens with one attached hydrogen (secondary N) is 1. The maximum absolute atomic E-state index is 14.2. The number of ether oxygens (including phenoxy) is 2. The molecular formula is C28H45N5O6. The summed E-state index contributed by atoms with van der Waals surface area (Å²) in [4.78, 5) is 49.0. The maximum atomic E-state index is 14.2. The van der Waals surface area contributed by atoms with Crippen LogP contribution in [-0.2, 0) is 14.3 Å². The molecule has 0 aliphatic carbocycles. The molecule has 0 saturated carbocycles. The Balaban J connectivity index is 1.91. The minimum Gasteiger partial charge on any atom is -0.465 e. The van der Waals surface area contributed by atoms with Crippen LogP contribution in [0.3, 0.4) is 0 Å². The molecule has 11 nitrogen and oxygen atoms in total. The predicted octanol–water partition coefficient (Wildman–Crippen LogP) is 2.98. The highest BCUT2D eigenvalue weighted by atomic mass is 16.5. The number of morpholine rings is 1. The molecule has 39 heavy (non-hydrogen) atoms. The fourth-order valence-electron chi connectivity index (χ4n) is 5.16. The van der Waals surface area contributed by atoms with Gasteiger partial charge in [0.05, 0.1) is 36.4 Å². The van der Waals surface area contributed by atoms with Crippen LogP contribution < -0.4 is 5.32 Å². The Morgan fingerprint density at radius 1 is 1.18 bits per heavy atom. The molecule has 2 fully saturated rings. The topological polar surface area (TPSA) is 125 Å². The number of carbonyl (C=O) groups excluding carboxylic acids is 2. The SMILES string of the molecule is COCCCNc1cc(C(C)C)ncc1C(=O)N(CC(C)C)[C@H]1C[C@@H](C(=O)N2CCOCC2)CN(C(=O)O)C1. The molecule has 2 saturated heterocycles. The van der Waals surface area contributed by atoms with E-state index < -0.39 is 18.1 Å². The lowest BCUT2D eigenvalue weighted by molar-refractivity contribution is -0.142. The molecule has 2 aliphatic rings. The van der Waals surface area contributed by atoms with Gasteiger partial charge in [-0.3, -0.25) is 14.6 Å². The summed E-state index contributed by atoms with van der Waals surface area (Å²) in [5.74, 6) is -0.475. The highest BCUT2D eigenvalue weighted by molar-refractivity contribution is 5.99. The minimum atomic E-state index is -1.08. The van der Waals surface area contributed by atoms with E-state index in [0.29, 0.717) is 63.7 Å². The number of aromatic nitrogens is 1. The molecule has 0 bridgehead atoms. The van der Waals surface area contributed by atoms with Crippen LogP contribution in [0.25, 0.3) is 0 Å². The van der Waals surface area contributed by atoms with Gasteiger partial charge in [0.1, 0.15) is 0 Å². The second-order valence-electron chi connectivity index (χ2n) is 11.1. The Morgan fingerprint density at radius 3 is 2.51 bits per heavy atom. The maximum Gasteiger partial charge on any atom is 0.407 e. The van der Waals surface area contributed by atoms with Crippen molar-refractivity contribution in [2.24, 2.45) is 11.8 Å². The summed E-state index contributed by atoms with van der Waals surface area (Å²) in [6.45, 7) is 12.1. The predicted molar refractivity (Wildman–Crippen MR) is 148 cm³/mol. The minimum absolute atomic E-state index is 0.0744. The van der Waals surface area contributed by atoms with Gasteiger partial charge in [-0.15, -0.1) is 0 Å². The molecule has 0 unspecified atom stereocenters. The van der Waals surface area contributed by atoms with Crippen LogP contribution in [0, 0.1) is 11.8 Å². The molecule has 2 aliphatic heterocycles. The molecule has 0 spiro atoms. The van der Waals surface area contributed by atoms with E-state index in [4.69, 9.17) is 9.47 Å². The van der Waals surface area contributed by atoms with Crippen molar-refractivity contribution in [3.8, 4) is 0 Å². The number of carboxylic acid groups (broad SMARTS) is 1. The third-order valence-corrected chi connectivity index (χ3v) is 7.22.